The Morgan fingerprint density at radius 1 is 1.24 bits per heavy atom. The van der Waals surface area contributed by atoms with Crippen LogP contribution in [0.2, 0.25) is 5.02 Å². The van der Waals surface area contributed by atoms with Crippen molar-refractivity contribution < 1.29 is 32.3 Å². The Balaban J connectivity index is 1.48. The van der Waals surface area contributed by atoms with Gasteiger partial charge in [-0.1, -0.05) is 29.8 Å². The second-order valence-electron chi connectivity index (χ2n) is 10.4. The van der Waals surface area contributed by atoms with E-state index in [4.69, 9.17) is 16.9 Å². The first-order valence-electron chi connectivity index (χ1n) is 13.1. The molecule has 2 N–H and O–H groups in total. The SMILES string of the molecule is N#Cc1ccnc(N2C(=O)CC(c3c(F)cc(F)cc3N[C@H](C(=O)CCC3CC(F)(F)C3)c3ccccc3Cl)[C@H]2O)n1. The number of aromatic nitrogens is 2. The average Bonchev–Trinajstić information content (AvgIpc) is 3.22. The lowest BCUT2D eigenvalue weighted by Crippen LogP contribution is -2.36. The Morgan fingerprint density at radius 2 is 1.98 bits per heavy atom. The van der Waals surface area contributed by atoms with Gasteiger partial charge in [0.25, 0.3) is 0 Å². The number of anilines is 2. The number of rotatable bonds is 9. The maximum absolute atomic E-state index is 15.4. The number of ketones is 1. The van der Waals surface area contributed by atoms with Crippen LogP contribution >= 0.6 is 11.6 Å². The zero-order valence-electron chi connectivity index (χ0n) is 21.9. The summed E-state index contributed by atoms with van der Waals surface area (Å²) in [7, 11) is 0. The van der Waals surface area contributed by atoms with Gasteiger partial charge < -0.3 is 10.4 Å². The van der Waals surface area contributed by atoms with Crippen LogP contribution in [0.3, 0.4) is 0 Å². The summed E-state index contributed by atoms with van der Waals surface area (Å²) in [5.74, 6) is -7.76. The van der Waals surface area contributed by atoms with Crippen molar-refractivity contribution in [2.45, 2.75) is 56.2 Å². The van der Waals surface area contributed by atoms with Gasteiger partial charge in [0.2, 0.25) is 17.8 Å². The quantitative estimate of drug-likeness (QED) is 0.304. The van der Waals surface area contributed by atoms with Crippen LogP contribution in [0.25, 0.3) is 0 Å². The van der Waals surface area contributed by atoms with Crippen molar-refractivity contribution in [1.82, 2.24) is 9.97 Å². The molecule has 1 saturated carbocycles. The molecule has 218 valence electrons. The first-order chi connectivity index (χ1) is 20.0. The molecule has 0 spiro atoms. The lowest BCUT2D eigenvalue weighted by molar-refractivity contribution is -0.125. The molecule has 1 aliphatic heterocycles. The number of Topliss-reactive ketones (excluding diaryl/α,β-unsaturated/α-hetero) is 1. The van der Waals surface area contributed by atoms with Crippen molar-refractivity contribution in [2.75, 3.05) is 10.2 Å². The second kappa shape index (κ2) is 11.7. The molecule has 1 amide bonds. The molecule has 3 aromatic rings. The number of nitrogens with one attached hydrogen (secondary N) is 1. The van der Waals surface area contributed by atoms with E-state index in [1.807, 2.05) is 0 Å². The monoisotopic (exact) mass is 601 g/mol. The zero-order chi connectivity index (χ0) is 30.2. The minimum atomic E-state index is -2.74. The summed E-state index contributed by atoms with van der Waals surface area (Å²) in [5.41, 5.74) is -0.235. The molecule has 1 saturated heterocycles. The third kappa shape index (κ3) is 5.93. The van der Waals surface area contributed by atoms with Crippen molar-refractivity contribution in [3.05, 3.63) is 82.1 Å². The number of aliphatic hydroxyl groups is 1. The number of hydrogen-bond donors (Lipinski definition) is 2. The average molecular weight is 602 g/mol. The number of carbonyl (C=O) groups excluding carboxylic acids is 2. The fraction of sp³-hybridized carbons (Fsp3) is 0.345. The highest BCUT2D eigenvalue weighted by Gasteiger charge is 2.46. The van der Waals surface area contributed by atoms with Gasteiger partial charge in [0.05, 0.1) is 0 Å². The minimum absolute atomic E-state index is 0.0644. The highest BCUT2D eigenvalue weighted by molar-refractivity contribution is 6.31. The van der Waals surface area contributed by atoms with E-state index in [1.165, 1.54) is 18.3 Å². The summed E-state index contributed by atoms with van der Waals surface area (Å²) in [5, 5.41) is 23.3. The van der Waals surface area contributed by atoms with Crippen molar-refractivity contribution in [3.8, 4) is 6.07 Å². The Kier molecular flexibility index (Phi) is 8.17. The molecule has 2 aromatic carbocycles. The van der Waals surface area contributed by atoms with Crippen molar-refractivity contribution >= 4 is 34.9 Å². The number of hydrogen-bond acceptors (Lipinski definition) is 7. The fourth-order valence-corrected chi connectivity index (χ4v) is 5.73. The summed E-state index contributed by atoms with van der Waals surface area (Å²) in [6.07, 6.45) is -1.40. The van der Waals surface area contributed by atoms with Crippen LogP contribution in [-0.2, 0) is 9.59 Å². The molecule has 0 radical (unpaired) electrons. The van der Waals surface area contributed by atoms with E-state index in [1.54, 1.807) is 24.3 Å². The van der Waals surface area contributed by atoms with E-state index in [0.717, 1.165) is 11.0 Å². The molecule has 1 aliphatic carbocycles. The standard InChI is InChI=1S/C29H24ClF4N5O3/c30-20-4-2-1-3-18(20)26(23(40)6-5-15-12-29(33,34)13-15)38-22-10-16(31)9-21(32)25(22)19-11-24(41)39(27(19)42)28-36-8-7-17(14-35)37-28/h1-4,7-10,15,19,26-27,38,42H,5-6,11-13H2/t19?,26-,27+/m0/s1. The summed E-state index contributed by atoms with van der Waals surface area (Å²) in [4.78, 5) is 35.1. The Labute approximate surface area is 243 Å². The van der Waals surface area contributed by atoms with Crippen LogP contribution in [-0.4, -0.2) is 38.9 Å². The Hall–Kier alpha value is -4.08. The first kappa shape index (κ1) is 29.4. The lowest BCUT2D eigenvalue weighted by Gasteiger charge is -2.35. The molecule has 2 fully saturated rings. The molecule has 1 unspecified atom stereocenters. The number of amides is 1. The van der Waals surface area contributed by atoms with Gasteiger partial charge in [-0.15, -0.1) is 0 Å². The normalized spacial score (nSPS) is 20.6. The van der Waals surface area contributed by atoms with E-state index < -0.39 is 53.9 Å². The fourth-order valence-electron chi connectivity index (χ4n) is 5.48. The molecule has 8 nitrogen and oxygen atoms in total. The first-order valence-corrected chi connectivity index (χ1v) is 13.5. The van der Waals surface area contributed by atoms with Crippen molar-refractivity contribution in [1.29, 1.82) is 5.26 Å². The van der Waals surface area contributed by atoms with Gasteiger partial charge >= 0.3 is 0 Å². The van der Waals surface area contributed by atoms with Gasteiger partial charge in [0, 0.05) is 65.7 Å². The maximum Gasteiger partial charge on any atom is 0.248 e. The van der Waals surface area contributed by atoms with Crippen LogP contribution in [0, 0.1) is 28.9 Å². The van der Waals surface area contributed by atoms with E-state index in [-0.39, 0.29) is 59.5 Å². The topological polar surface area (TPSA) is 119 Å². The largest absolute Gasteiger partial charge is 0.372 e. The number of nitrogens with zero attached hydrogens (tertiary/aromatic N) is 4. The summed E-state index contributed by atoms with van der Waals surface area (Å²) >= 11 is 6.38. The van der Waals surface area contributed by atoms with E-state index in [2.05, 4.69) is 15.3 Å². The van der Waals surface area contributed by atoms with Gasteiger partial charge in [-0.3, -0.25) is 14.5 Å². The predicted octanol–water partition coefficient (Wildman–Crippen LogP) is 5.67. The van der Waals surface area contributed by atoms with Crippen LogP contribution in [0.1, 0.15) is 60.9 Å². The van der Waals surface area contributed by atoms with Gasteiger partial charge in [-0.25, -0.2) is 27.5 Å². The molecule has 2 heterocycles. The molecular weight excluding hydrogens is 578 g/mol. The van der Waals surface area contributed by atoms with Crippen LogP contribution < -0.4 is 10.2 Å². The van der Waals surface area contributed by atoms with Gasteiger partial charge in [-0.05, 0) is 30.5 Å². The number of alkyl halides is 2. The van der Waals surface area contributed by atoms with Crippen LogP contribution in [0.15, 0.2) is 48.7 Å². The van der Waals surface area contributed by atoms with E-state index in [0.29, 0.717) is 11.6 Å². The number of nitriles is 1. The maximum atomic E-state index is 15.4. The number of carbonyl (C=O) groups is 2. The summed E-state index contributed by atoms with van der Waals surface area (Å²) in [6.45, 7) is 0. The Bertz CT molecular complexity index is 1580. The minimum Gasteiger partial charge on any atom is -0.372 e. The molecule has 0 bridgehead atoms. The molecule has 5 rings (SSSR count). The number of halogens is 5. The molecule has 3 atom stereocenters. The number of benzene rings is 2. The summed E-state index contributed by atoms with van der Waals surface area (Å²) in [6, 6.07) is 9.76. The van der Waals surface area contributed by atoms with Crippen molar-refractivity contribution in [2.24, 2.45) is 5.92 Å². The predicted molar refractivity (Wildman–Crippen MR) is 144 cm³/mol. The highest BCUT2D eigenvalue weighted by Crippen LogP contribution is 2.45. The summed E-state index contributed by atoms with van der Waals surface area (Å²) < 4.78 is 56.6. The van der Waals surface area contributed by atoms with Crippen molar-refractivity contribution in [3.63, 3.8) is 0 Å². The van der Waals surface area contributed by atoms with Gasteiger partial charge in [0.1, 0.15) is 35.7 Å². The molecule has 42 heavy (non-hydrogen) atoms. The number of aliphatic hydroxyl groups excluding tert-OH is 1. The van der Waals surface area contributed by atoms with Gasteiger partial charge in [0.15, 0.2) is 5.78 Å². The van der Waals surface area contributed by atoms with E-state index in [9.17, 15) is 27.9 Å². The second-order valence-corrected chi connectivity index (χ2v) is 10.8. The van der Waals surface area contributed by atoms with Gasteiger partial charge in [-0.2, -0.15) is 5.26 Å². The highest BCUT2D eigenvalue weighted by atomic mass is 35.5. The Morgan fingerprint density at radius 3 is 2.67 bits per heavy atom. The molecule has 2 aliphatic rings. The lowest BCUT2D eigenvalue weighted by atomic mass is 9.77. The third-order valence-electron chi connectivity index (χ3n) is 7.54. The zero-order valence-corrected chi connectivity index (χ0v) is 22.7. The van der Waals surface area contributed by atoms with Crippen LogP contribution in [0.4, 0.5) is 29.2 Å². The molecule has 13 heteroatoms. The third-order valence-corrected chi connectivity index (χ3v) is 7.88. The smallest absolute Gasteiger partial charge is 0.248 e. The van der Waals surface area contributed by atoms with E-state index >= 15 is 4.39 Å². The molecule has 1 aromatic heterocycles. The molecular formula is C29H24ClF4N5O3. The van der Waals surface area contributed by atoms with Crippen LogP contribution in [0.5, 0.6) is 0 Å².